The van der Waals surface area contributed by atoms with Crippen LogP contribution in [0, 0.1) is 6.92 Å². The van der Waals surface area contributed by atoms with Crippen LogP contribution in [-0.4, -0.2) is 40.4 Å². The topological polar surface area (TPSA) is 61.0 Å². The average molecular weight is 348 g/mol. The molecule has 134 valence electrons. The molecule has 5 nitrogen and oxygen atoms in total. The lowest BCUT2D eigenvalue weighted by molar-refractivity contribution is -0.116. The number of hydrogen-bond donors (Lipinski definition) is 2. The van der Waals surface area contributed by atoms with Crippen molar-refractivity contribution in [3.63, 3.8) is 0 Å². The summed E-state index contributed by atoms with van der Waals surface area (Å²) >= 11 is 0. The molecule has 0 unspecified atom stereocenters. The molecule has 1 aliphatic heterocycles. The molecule has 1 aromatic heterocycles. The molecular weight excluding hydrogens is 324 g/mol. The summed E-state index contributed by atoms with van der Waals surface area (Å²) in [4.78, 5) is 22.8. The van der Waals surface area contributed by atoms with Gasteiger partial charge in [-0.25, -0.2) is 4.98 Å². The first-order chi connectivity index (χ1) is 12.7. The summed E-state index contributed by atoms with van der Waals surface area (Å²) in [7, 11) is 0. The molecule has 0 atom stereocenters. The Morgan fingerprint density at radius 3 is 2.81 bits per heavy atom. The van der Waals surface area contributed by atoms with E-state index in [1.54, 1.807) is 0 Å². The number of aryl methyl sites for hydroxylation is 1. The maximum Gasteiger partial charge on any atom is 0.225 e. The van der Waals surface area contributed by atoms with Crippen molar-refractivity contribution in [2.45, 2.75) is 26.2 Å². The molecule has 0 bridgehead atoms. The fourth-order valence-electron chi connectivity index (χ4n) is 3.52. The number of imidazole rings is 1. The van der Waals surface area contributed by atoms with E-state index in [9.17, 15) is 4.79 Å². The summed E-state index contributed by atoms with van der Waals surface area (Å²) in [5.74, 6) is 0.836. The van der Waals surface area contributed by atoms with Crippen molar-refractivity contribution in [1.29, 1.82) is 0 Å². The maximum atomic E-state index is 12.4. The summed E-state index contributed by atoms with van der Waals surface area (Å²) in [5.41, 5.74) is 4.79. The summed E-state index contributed by atoms with van der Waals surface area (Å²) in [5, 5.41) is 3.08. The molecule has 1 saturated heterocycles. The third-order valence-corrected chi connectivity index (χ3v) is 4.95. The van der Waals surface area contributed by atoms with E-state index in [1.165, 1.54) is 12.8 Å². The van der Waals surface area contributed by atoms with Crippen LogP contribution in [0.15, 0.2) is 42.5 Å². The van der Waals surface area contributed by atoms with Crippen LogP contribution in [0.25, 0.3) is 22.4 Å². The lowest BCUT2D eigenvalue weighted by Gasteiger charge is -2.15. The minimum Gasteiger partial charge on any atom is -0.338 e. The zero-order chi connectivity index (χ0) is 17.9. The van der Waals surface area contributed by atoms with Gasteiger partial charge in [0, 0.05) is 18.5 Å². The first kappa shape index (κ1) is 16.8. The molecule has 1 amide bonds. The first-order valence-electron chi connectivity index (χ1n) is 9.27. The number of nitrogens with zero attached hydrogens (tertiary/aromatic N) is 2. The summed E-state index contributed by atoms with van der Waals surface area (Å²) in [6.07, 6.45) is 3.01. The van der Waals surface area contributed by atoms with E-state index < -0.39 is 0 Å². The number of likely N-dealkylation sites (tertiary alicyclic amines) is 1. The van der Waals surface area contributed by atoms with E-state index in [0.29, 0.717) is 6.42 Å². The fraction of sp³-hybridized carbons (Fsp3) is 0.333. The van der Waals surface area contributed by atoms with Gasteiger partial charge in [-0.3, -0.25) is 4.79 Å². The second-order valence-corrected chi connectivity index (χ2v) is 7.00. The van der Waals surface area contributed by atoms with Gasteiger partial charge in [0.25, 0.3) is 0 Å². The van der Waals surface area contributed by atoms with Gasteiger partial charge in [0.05, 0.1) is 16.7 Å². The van der Waals surface area contributed by atoms with Gasteiger partial charge in [-0.1, -0.05) is 23.8 Å². The van der Waals surface area contributed by atoms with Crippen LogP contribution in [0.4, 0.5) is 5.69 Å². The maximum absolute atomic E-state index is 12.4. The zero-order valence-electron chi connectivity index (χ0n) is 15.1. The number of H-pyrrole nitrogens is 1. The van der Waals surface area contributed by atoms with Crippen LogP contribution < -0.4 is 5.32 Å². The Hall–Kier alpha value is -2.66. The predicted molar refractivity (Wildman–Crippen MR) is 105 cm³/mol. The van der Waals surface area contributed by atoms with Gasteiger partial charge in [0.1, 0.15) is 5.82 Å². The zero-order valence-corrected chi connectivity index (χ0v) is 15.1. The summed E-state index contributed by atoms with van der Waals surface area (Å²) < 4.78 is 0. The molecule has 0 saturated carbocycles. The predicted octanol–water partition coefficient (Wildman–Crippen LogP) is 3.96. The summed E-state index contributed by atoms with van der Waals surface area (Å²) in [6, 6.07) is 14.0. The van der Waals surface area contributed by atoms with Crippen LogP contribution >= 0.6 is 0 Å². The van der Waals surface area contributed by atoms with E-state index in [4.69, 9.17) is 0 Å². The van der Waals surface area contributed by atoms with Crippen molar-refractivity contribution < 1.29 is 4.79 Å². The number of nitrogens with one attached hydrogen (secondary N) is 2. The fourth-order valence-corrected chi connectivity index (χ4v) is 3.52. The van der Waals surface area contributed by atoms with Gasteiger partial charge in [0.15, 0.2) is 0 Å². The van der Waals surface area contributed by atoms with Gasteiger partial charge in [-0.2, -0.15) is 0 Å². The number of anilines is 1. The number of hydrogen-bond acceptors (Lipinski definition) is 3. The highest BCUT2D eigenvalue weighted by Crippen LogP contribution is 2.29. The molecule has 2 N–H and O–H groups in total. The van der Waals surface area contributed by atoms with Gasteiger partial charge in [-0.05, 0) is 57.1 Å². The average Bonchev–Trinajstić information content (AvgIpc) is 3.30. The van der Waals surface area contributed by atoms with Crippen LogP contribution in [0.2, 0.25) is 0 Å². The number of para-hydroxylation sites is 2. The van der Waals surface area contributed by atoms with Crippen LogP contribution in [0.3, 0.4) is 0 Å². The lowest BCUT2D eigenvalue weighted by Crippen LogP contribution is -2.25. The van der Waals surface area contributed by atoms with Gasteiger partial charge < -0.3 is 15.2 Å². The van der Waals surface area contributed by atoms with Crippen LogP contribution in [-0.2, 0) is 4.79 Å². The van der Waals surface area contributed by atoms with Crippen molar-refractivity contribution in [3.05, 3.63) is 48.0 Å². The Morgan fingerprint density at radius 2 is 2.00 bits per heavy atom. The van der Waals surface area contributed by atoms with Crippen LogP contribution in [0.5, 0.6) is 0 Å². The molecular formula is C21H24N4O. The highest BCUT2D eigenvalue weighted by atomic mass is 16.1. The SMILES string of the molecule is Cc1ccc(NC(=O)CCN2CCCC2)c(-c2nc3ccccc3[nH]2)c1. The summed E-state index contributed by atoms with van der Waals surface area (Å²) in [6.45, 7) is 5.10. The Kier molecular flexibility index (Phi) is 4.71. The Bertz CT molecular complexity index is 892. The lowest BCUT2D eigenvalue weighted by atomic mass is 10.1. The minimum atomic E-state index is 0.0538. The van der Waals surface area contributed by atoms with E-state index in [-0.39, 0.29) is 5.91 Å². The number of amides is 1. The van der Waals surface area contributed by atoms with Crippen molar-refractivity contribution in [2.75, 3.05) is 25.0 Å². The molecule has 1 fully saturated rings. The standard InChI is InChI=1S/C21H24N4O/c1-15-8-9-17(22-20(26)10-13-25-11-4-5-12-25)16(14-15)21-23-18-6-2-3-7-19(18)24-21/h2-3,6-9,14H,4-5,10-13H2,1H3,(H,22,26)(H,23,24). The van der Waals surface area contributed by atoms with Crippen molar-refractivity contribution in [3.8, 4) is 11.4 Å². The Balaban J connectivity index is 1.55. The van der Waals surface area contributed by atoms with E-state index >= 15 is 0 Å². The molecule has 0 aliphatic carbocycles. The second kappa shape index (κ2) is 7.30. The van der Waals surface area contributed by atoms with Crippen LogP contribution in [0.1, 0.15) is 24.8 Å². The monoisotopic (exact) mass is 348 g/mol. The number of rotatable bonds is 5. The number of carbonyl (C=O) groups excluding carboxylic acids is 1. The quantitative estimate of drug-likeness (QED) is 0.733. The third kappa shape index (κ3) is 3.63. The number of aromatic amines is 1. The molecule has 1 aliphatic rings. The smallest absolute Gasteiger partial charge is 0.225 e. The van der Waals surface area contributed by atoms with Gasteiger partial charge in [0.2, 0.25) is 5.91 Å². The Labute approximate surface area is 153 Å². The first-order valence-corrected chi connectivity index (χ1v) is 9.27. The second-order valence-electron chi connectivity index (χ2n) is 7.00. The highest BCUT2D eigenvalue weighted by Gasteiger charge is 2.15. The van der Waals surface area contributed by atoms with Crippen molar-refractivity contribution >= 4 is 22.6 Å². The molecule has 5 heteroatoms. The number of carbonyl (C=O) groups is 1. The Morgan fingerprint density at radius 1 is 1.19 bits per heavy atom. The van der Waals surface area contributed by atoms with Crippen molar-refractivity contribution in [1.82, 2.24) is 14.9 Å². The van der Waals surface area contributed by atoms with Crippen molar-refractivity contribution in [2.24, 2.45) is 0 Å². The number of benzene rings is 2. The molecule has 26 heavy (non-hydrogen) atoms. The molecule has 3 aromatic rings. The van der Waals surface area contributed by atoms with Gasteiger partial charge >= 0.3 is 0 Å². The normalized spacial score (nSPS) is 14.8. The molecule has 0 radical (unpaired) electrons. The highest BCUT2D eigenvalue weighted by molar-refractivity contribution is 5.95. The number of fused-ring (bicyclic) bond motifs is 1. The number of aromatic nitrogens is 2. The molecule has 2 aromatic carbocycles. The van der Waals surface area contributed by atoms with E-state index in [0.717, 1.165) is 53.3 Å². The van der Waals surface area contributed by atoms with E-state index in [2.05, 4.69) is 26.3 Å². The largest absolute Gasteiger partial charge is 0.338 e. The van der Waals surface area contributed by atoms with Gasteiger partial charge in [-0.15, -0.1) is 0 Å². The molecule has 4 rings (SSSR count). The minimum absolute atomic E-state index is 0.0538. The van der Waals surface area contributed by atoms with E-state index in [1.807, 2.05) is 43.3 Å². The third-order valence-electron chi connectivity index (χ3n) is 4.95. The molecule has 0 spiro atoms. The molecule has 2 heterocycles.